The van der Waals surface area contributed by atoms with Gasteiger partial charge >= 0.3 is 5.97 Å². The Kier molecular flexibility index (Phi) is 2.96. The van der Waals surface area contributed by atoms with Gasteiger partial charge in [-0.1, -0.05) is 18.2 Å². The molecule has 0 unspecified atom stereocenters. The Bertz CT molecular complexity index is 462. The first kappa shape index (κ1) is 11.8. The highest BCUT2D eigenvalue weighted by atomic mass is 19.3. The zero-order valence-corrected chi connectivity index (χ0v) is 9.07. The summed E-state index contributed by atoms with van der Waals surface area (Å²) in [6.07, 6.45) is 3.37. The lowest BCUT2D eigenvalue weighted by Gasteiger charge is -2.16. The highest BCUT2D eigenvalue weighted by Crippen LogP contribution is 2.49. The second-order valence-electron chi connectivity index (χ2n) is 4.19. The molecule has 2 nitrogen and oxygen atoms in total. The molecule has 0 bridgehead atoms. The van der Waals surface area contributed by atoms with E-state index in [1.54, 1.807) is 6.07 Å². The number of halogens is 2. The lowest BCUT2D eigenvalue weighted by atomic mass is 10.0. The molecule has 90 valence electrons. The Hall–Kier alpha value is -1.71. The van der Waals surface area contributed by atoms with Gasteiger partial charge in [0.25, 0.3) is 5.92 Å². The summed E-state index contributed by atoms with van der Waals surface area (Å²) in [5.41, 5.74) is 0.442. The van der Waals surface area contributed by atoms with Crippen LogP contribution in [-0.4, -0.2) is 11.1 Å². The van der Waals surface area contributed by atoms with Crippen molar-refractivity contribution in [1.29, 1.82) is 0 Å². The molecule has 1 saturated carbocycles. The predicted molar refractivity (Wildman–Crippen MR) is 59.7 cm³/mol. The fraction of sp³-hybridized carbons (Fsp3) is 0.308. The molecule has 0 aromatic heterocycles. The van der Waals surface area contributed by atoms with E-state index in [-0.39, 0.29) is 5.56 Å². The van der Waals surface area contributed by atoms with E-state index < -0.39 is 17.8 Å². The van der Waals surface area contributed by atoms with Crippen molar-refractivity contribution in [1.82, 2.24) is 0 Å². The minimum Gasteiger partial charge on any atom is -0.478 e. The molecule has 0 spiro atoms. The third-order valence-electron chi connectivity index (χ3n) is 2.78. The molecule has 0 heterocycles. The molecule has 1 aromatic rings. The summed E-state index contributed by atoms with van der Waals surface area (Å²) in [5, 5.41) is 8.47. The molecule has 1 fully saturated rings. The highest BCUT2D eigenvalue weighted by molar-refractivity contribution is 5.85. The fourth-order valence-electron chi connectivity index (χ4n) is 1.70. The number of hydrogen-bond acceptors (Lipinski definition) is 1. The molecule has 1 N–H and O–H groups in total. The van der Waals surface area contributed by atoms with Gasteiger partial charge in [0.05, 0.1) is 0 Å². The van der Waals surface area contributed by atoms with Crippen molar-refractivity contribution in [3.8, 4) is 0 Å². The van der Waals surface area contributed by atoms with Crippen LogP contribution in [0, 0.1) is 5.92 Å². The minimum absolute atomic E-state index is 0.0347. The molecule has 2 rings (SSSR count). The number of hydrogen-bond donors (Lipinski definition) is 1. The molecule has 0 amide bonds. The van der Waals surface area contributed by atoms with Crippen LogP contribution in [0.15, 0.2) is 30.3 Å². The maximum atomic E-state index is 13.8. The van der Waals surface area contributed by atoms with Gasteiger partial charge in [-0.2, -0.15) is 0 Å². The number of benzene rings is 1. The van der Waals surface area contributed by atoms with E-state index in [1.165, 1.54) is 24.3 Å². The summed E-state index contributed by atoms with van der Waals surface area (Å²) in [4.78, 5) is 10.3. The molecular weight excluding hydrogens is 226 g/mol. The van der Waals surface area contributed by atoms with Crippen molar-refractivity contribution in [2.45, 2.75) is 18.8 Å². The van der Waals surface area contributed by atoms with E-state index in [0.717, 1.165) is 6.08 Å². The van der Waals surface area contributed by atoms with Crippen LogP contribution in [0.3, 0.4) is 0 Å². The van der Waals surface area contributed by atoms with E-state index in [4.69, 9.17) is 5.11 Å². The van der Waals surface area contributed by atoms with Crippen LogP contribution in [0.4, 0.5) is 8.78 Å². The van der Waals surface area contributed by atoms with E-state index in [2.05, 4.69) is 0 Å². The third kappa shape index (κ3) is 2.70. The van der Waals surface area contributed by atoms with E-state index in [0.29, 0.717) is 18.4 Å². The zero-order valence-electron chi connectivity index (χ0n) is 9.07. The summed E-state index contributed by atoms with van der Waals surface area (Å²) >= 11 is 0. The molecule has 4 heteroatoms. The molecular formula is C13H12F2O2. The summed E-state index contributed by atoms with van der Waals surface area (Å²) in [6, 6.07) is 5.85. The Balaban J connectivity index is 2.24. The zero-order chi connectivity index (χ0) is 12.5. The monoisotopic (exact) mass is 238 g/mol. The van der Waals surface area contributed by atoms with Gasteiger partial charge in [0.2, 0.25) is 0 Å². The fourth-order valence-corrected chi connectivity index (χ4v) is 1.70. The van der Waals surface area contributed by atoms with Crippen molar-refractivity contribution in [2.24, 2.45) is 5.92 Å². The Morgan fingerprint density at radius 1 is 1.41 bits per heavy atom. The summed E-state index contributed by atoms with van der Waals surface area (Å²) in [7, 11) is 0. The SMILES string of the molecule is O=C(O)/C=C/c1cccc(C(F)(F)C2CC2)c1. The van der Waals surface area contributed by atoms with Crippen molar-refractivity contribution in [2.75, 3.05) is 0 Å². The number of rotatable bonds is 4. The first-order valence-electron chi connectivity index (χ1n) is 5.39. The number of alkyl halides is 2. The van der Waals surface area contributed by atoms with Crippen LogP contribution in [0.25, 0.3) is 6.08 Å². The lowest BCUT2D eigenvalue weighted by Crippen LogP contribution is -2.15. The normalized spacial score (nSPS) is 16.4. The van der Waals surface area contributed by atoms with Crippen molar-refractivity contribution in [3.63, 3.8) is 0 Å². The first-order chi connectivity index (χ1) is 8.00. The van der Waals surface area contributed by atoms with Gasteiger partial charge in [0, 0.05) is 17.6 Å². The van der Waals surface area contributed by atoms with Crippen LogP contribution in [-0.2, 0) is 10.7 Å². The van der Waals surface area contributed by atoms with Crippen molar-refractivity contribution in [3.05, 3.63) is 41.5 Å². The number of carbonyl (C=O) groups is 1. The molecule has 0 saturated heterocycles. The average molecular weight is 238 g/mol. The van der Waals surface area contributed by atoms with Crippen LogP contribution in [0.1, 0.15) is 24.0 Å². The van der Waals surface area contributed by atoms with Crippen LogP contribution < -0.4 is 0 Å². The number of aliphatic carboxylic acids is 1. The van der Waals surface area contributed by atoms with E-state index in [1.807, 2.05) is 0 Å². The minimum atomic E-state index is -2.80. The third-order valence-corrected chi connectivity index (χ3v) is 2.78. The second-order valence-corrected chi connectivity index (χ2v) is 4.19. The summed E-state index contributed by atoms with van der Waals surface area (Å²) < 4.78 is 27.6. The second kappa shape index (κ2) is 4.28. The Labute approximate surface area is 97.6 Å². The molecule has 1 aromatic carbocycles. The molecule has 1 aliphatic rings. The van der Waals surface area contributed by atoms with Crippen molar-refractivity contribution >= 4 is 12.0 Å². The van der Waals surface area contributed by atoms with Gasteiger partial charge in [0.15, 0.2) is 0 Å². The van der Waals surface area contributed by atoms with Gasteiger partial charge in [-0.3, -0.25) is 0 Å². The first-order valence-corrected chi connectivity index (χ1v) is 5.39. The van der Waals surface area contributed by atoms with Gasteiger partial charge in [-0.05, 0) is 30.5 Å². The maximum absolute atomic E-state index is 13.8. The summed E-state index contributed by atoms with van der Waals surface area (Å²) in [6.45, 7) is 0. The average Bonchev–Trinajstić information content (AvgIpc) is 3.11. The molecule has 1 aliphatic carbocycles. The van der Waals surface area contributed by atoms with Crippen molar-refractivity contribution < 1.29 is 18.7 Å². The molecule has 17 heavy (non-hydrogen) atoms. The molecule has 0 aliphatic heterocycles. The predicted octanol–water partition coefficient (Wildman–Crippen LogP) is 3.29. The maximum Gasteiger partial charge on any atom is 0.328 e. The quantitative estimate of drug-likeness (QED) is 0.817. The van der Waals surface area contributed by atoms with Gasteiger partial charge in [0.1, 0.15) is 0 Å². The molecule has 0 atom stereocenters. The summed E-state index contributed by atoms with van der Waals surface area (Å²) in [5.74, 6) is -4.45. The van der Waals surface area contributed by atoms with Crippen LogP contribution in [0.2, 0.25) is 0 Å². The highest BCUT2D eigenvalue weighted by Gasteiger charge is 2.47. The van der Waals surface area contributed by atoms with E-state index in [9.17, 15) is 13.6 Å². The Morgan fingerprint density at radius 2 is 2.12 bits per heavy atom. The lowest BCUT2D eigenvalue weighted by molar-refractivity contribution is -0.131. The van der Waals surface area contributed by atoms with Gasteiger partial charge in [-0.15, -0.1) is 0 Å². The van der Waals surface area contributed by atoms with Crippen LogP contribution >= 0.6 is 0 Å². The van der Waals surface area contributed by atoms with Crippen LogP contribution in [0.5, 0.6) is 0 Å². The molecule has 0 radical (unpaired) electrons. The number of carboxylic acids is 1. The van der Waals surface area contributed by atoms with Gasteiger partial charge in [-0.25, -0.2) is 13.6 Å². The standard InChI is InChI=1S/C13H12F2O2/c14-13(15,10-5-6-10)11-3-1-2-9(8-11)4-7-12(16)17/h1-4,7-8,10H,5-6H2,(H,16,17)/b7-4+. The van der Waals surface area contributed by atoms with Gasteiger partial charge < -0.3 is 5.11 Å². The topological polar surface area (TPSA) is 37.3 Å². The Morgan fingerprint density at radius 3 is 2.71 bits per heavy atom. The number of carboxylic acid groups (broad SMARTS) is 1. The largest absolute Gasteiger partial charge is 0.478 e. The van der Waals surface area contributed by atoms with E-state index >= 15 is 0 Å². The smallest absolute Gasteiger partial charge is 0.328 e.